The number of hydrogen-bond acceptors (Lipinski definition) is 5. The van der Waals surface area contributed by atoms with Crippen LogP contribution >= 0.6 is 0 Å². The highest BCUT2D eigenvalue weighted by Crippen LogP contribution is 2.28. The number of aromatic nitrogens is 2. The minimum Gasteiger partial charge on any atom is -0.489 e. The van der Waals surface area contributed by atoms with Gasteiger partial charge in [0, 0.05) is 0 Å². The molecule has 2 N–H and O–H groups in total. The first-order valence-electron chi connectivity index (χ1n) is 5.66. The van der Waals surface area contributed by atoms with E-state index in [-0.39, 0.29) is 17.5 Å². The fraction of sp³-hybridized carbons (Fsp3) is 0.545. The SMILES string of the molecule is COc1c(C(=O)O)nc(C2CCCN2C)[nH]c1=O. The number of hydrogen-bond donors (Lipinski definition) is 2. The topological polar surface area (TPSA) is 95.5 Å². The van der Waals surface area contributed by atoms with Crippen LogP contribution < -0.4 is 10.3 Å². The normalized spacial score (nSPS) is 20.0. The number of methoxy groups -OCH3 is 1. The lowest BCUT2D eigenvalue weighted by Crippen LogP contribution is -2.25. The highest BCUT2D eigenvalue weighted by molar-refractivity contribution is 5.88. The van der Waals surface area contributed by atoms with Gasteiger partial charge in [0.05, 0.1) is 13.2 Å². The second-order valence-corrected chi connectivity index (χ2v) is 4.28. The van der Waals surface area contributed by atoms with E-state index in [0.717, 1.165) is 19.4 Å². The molecular formula is C11H15N3O4. The predicted octanol–water partition coefficient (Wildman–Crippen LogP) is 0.243. The molecule has 1 saturated heterocycles. The second-order valence-electron chi connectivity index (χ2n) is 4.28. The summed E-state index contributed by atoms with van der Waals surface area (Å²) in [6.07, 6.45) is 1.85. The molecule has 1 aliphatic rings. The number of aromatic amines is 1. The molecule has 0 aliphatic carbocycles. The van der Waals surface area contributed by atoms with E-state index in [1.54, 1.807) is 0 Å². The van der Waals surface area contributed by atoms with Crippen LogP contribution in [0.2, 0.25) is 0 Å². The maximum atomic E-state index is 11.8. The second kappa shape index (κ2) is 4.77. The summed E-state index contributed by atoms with van der Waals surface area (Å²) in [6.45, 7) is 0.906. The van der Waals surface area contributed by atoms with Crippen LogP contribution in [-0.2, 0) is 0 Å². The van der Waals surface area contributed by atoms with E-state index < -0.39 is 11.5 Å². The summed E-state index contributed by atoms with van der Waals surface area (Å²) in [7, 11) is 3.17. The zero-order valence-electron chi connectivity index (χ0n) is 10.3. The molecule has 0 amide bonds. The Bertz CT molecular complexity index is 526. The van der Waals surface area contributed by atoms with Crippen molar-refractivity contribution in [1.82, 2.24) is 14.9 Å². The molecule has 0 radical (unpaired) electrons. The van der Waals surface area contributed by atoms with Gasteiger partial charge >= 0.3 is 5.97 Å². The van der Waals surface area contributed by atoms with Crippen LogP contribution in [0.25, 0.3) is 0 Å². The molecule has 1 atom stereocenters. The van der Waals surface area contributed by atoms with Gasteiger partial charge in [-0.1, -0.05) is 0 Å². The zero-order valence-corrected chi connectivity index (χ0v) is 10.3. The number of likely N-dealkylation sites (tertiary alicyclic amines) is 1. The highest BCUT2D eigenvalue weighted by Gasteiger charge is 2.27. The van der Waals surface area contributed by atoms with Gasteiger partial charge < -0.3 is 14.8 Å². The molecule has 0 aromatic carbocycles. The van der Waals surface area contributed by atoms with Crippen LogP contribution in [0.3, 0.4) is 0 Å². The minimum atomic E-state index is -1.26. The fourth-order valence-electron chi connectivity index (χ4n) is 2.23. The van der Waals surface area contributed by atoms with Gasteiger partial charge in [0.2, 0.25) is 5.75 Å². The largest absolute Gasteiger partial charge is 0.489 e. The first kappa shape index (κ1) is 12.6. The number of carboxylic acids is 1. The molecule has 1 aromatic rings. The van der Waals surface area contributed by atoms with Gasteiger partial charge in [-0.15, -0.1) is 0 Å². The van der Waals surface area contributed by atoms with Crippen molar-refractivity contribution in [3.63, 3.8) is 0 Å². The lowest BCUT2D eigenvalue weighted by atomic mass is 10.2. The van der Waals surface area contributed by atoms with E-state index in [1.165, 1.54) is 7.11 Å². The van der Waals surface area contributed by atoms with E-state index in [9.17, 15) is 9.59 Å². The van der Waals surface area contributed by atoms with Gasteiger partial charge in [-0.05, 0) is 26.4 Å². The summed E-state index contributed by atoms with van der Waals surface area (Å²) in [5.41, 5.74) is -0.892. The number of nitrogens with one attached hydrogen (secondary N) is 1. The summed E-state index contributed by atoms with van der Waals surface area (Å²) in [5, 5.41) is 9.05. The van der Waals surface area contributed by atoms with Crippen molar-refractivity contribution in [2.75, 3.05) is 20.7 Å². The monoisotopic (exact) mass is 253 g/mol. The van der Waals surface area contributed by atoms with Gasteiger partial charge in [-0.2, -0.15) is 0 Å². The summed E-state index contributed by atoms with van der Waals surface area (Å²) in [6, 6.07) is -0.0401. The molecule has 2 rings (SSSR count). The number of carbonyl (C=O) groups is 1. The molecule has 18 heavy (non-hydrogen) atoms. The van der Waals surface area contributed by atoms with E-state index >= 15 is 0 Å². The zero-order chi connectivity index (χ0) is 13.3. The van der Waals surface area contributed by atoms with Crippen LogP contribution in [0.1, 0.15) is 35.2 Å². The van der Waals surface area contributed by atoms with Crippen LogP contribution in [0.4, 0.5) is 0 Å². The molecule has 1 aromatic heterocycles. The van der Waals surface area contributed by atoms with Crippen molar-refractivity contribution in [1.29, 1.82) is 0 Å². The molecule has 0 spiro atoms. The molecule has 7 heteroatoms. The molecule has 7 nitrogen and oxygen atoms in total. The molecule has 2 heterocycles. The molecule has 1 aliphatic heterocycles. The van der Waals surface area contributed by atoms with E-state index in [4.69, 9.17) is 9.84 Å². The number of H-pyrrole nitrogens is 1. The van der Waals surface area contributed by atoms with Crippen molar-refractivity contribution >= 4 is 5.97 Å². The number of rotatable bonds is 3. The van der Waals surface area contributed by atoms with Crippen molar-refractivity contribution in [3.05, 3.63) is 21.9 Å². The Morgan fingerprint density at radius 1 is 1.61 bits per heavy atom. The third kappa shape index (κ3) is 2.08. The Kier molecular flexibility index (Phi) is 3.33. The number of ether oxygens (including phenoxy) is 1. The summed E-state index contributed by atoms with van der Waals surface area (Å²) < 4.78 is 4.78. The first-order valence-corrected chi connectivity index (χ1v) is 5.66. The predicted molar refractivity (Wildman–Crippen MR) is 63.0 cm³/mol. The Hall–Kier alpha value is -1.89. The molecule has 98 valence electrons. The minimum absolute atomic E-state index is 0.0401. The number of aromatic carboxylic acids is 1. The van der Waals surface area contributed by atoms with Crippen molar-refractivity contribution in [2.45, 2.75) is 18.9 Å². The lowest BCUT2D eigenvalue weighted by molar-refractivity contribution is 0.0685. The van der Waals surface area contributed by atoms with E-state index in [0.29, 0.717) is 5.82 Å². The Balaban J connectivity index is 2.51. The maximum absolute atomic E-state index is 11.8. The summed E-state index contributed by atoms with van der Waals surface area (Å²) in [5.74, 6) is -1.13. The van der Waals surface area contributed by atoms with Crippen LogP contribution in [-0.4, -0.2) is 46.6 Å². The van der Waals surface area contributed by atoms with Gasteiger partial charge in [0.1, 0.15) is 5.82 Å². The van der Waals surface area contributed by atoms with Gasteiger partial charge in [0.15, 0.2) is 5.69 Å². The highest BCUT2D eigenvalue weighted by atomic mass is 16.5. The average Bonchev–Trinajstić information content (AvgIpc) is 2.74. The Morgan fingerprint density at radius 3 is 2.83 bits per heavy atom. The van der Waals surface area contributed by atoms with Crippen LogP contribution in [0.5, 0.6) is 5.75 Å². The molecule has 1 fully saturated rings. The van der Waals surface area contributed by atoms with Crippen LogP contribution in [0.15, 0.2) is 4.79 Å². The average molecular weight is 253 g/mol. The third-order valence-corrected chi connectivity index (χ3v) is 3.14. The van der Waals surface area contributed by atoms with E-state index in [2.05, 4.69) is 9.97 Å². The van der Waals surface area contributed by atoms with Crippen molar-refractivity contribution in [3.8, 4) is 5.75 Å². The molecule has 1 unspecified atom stereocenters. The van der Waals surface area contributed by atoms with Gasteiger partial charge in [-0.25, -0.2) is 9.78 Å². The number of nitrogens with zero attached hydrogens (tertiary/aromatic N) is 2. The van der Waals surface area contributed by atoms with Gasteiger partial charge in [-0.3, -0.25) is 9.69 Å². The molecular weight excluding hydrogens is 238 g/mol. The molecule has 0 saturated carbocycles. The maximum Gasteiger partial charge on any atom is 0.358 e. The van der Waals surface area contributed by atoms with Crippen molar-refractivity contribution < 1.29 is 14.6 Å². The quantitative estimate of drug-likeness (QED) is 0.801. The first-order chi connectivity index (χ1) is 8.54. The standard InChI is InChI=1S/C11H15N3O4/c1-14-5-3-4-6(14)9-12-7(11(16)17)8(18-2)10(15)13-9/h6H,3-5H2,1-2H3,(H,16,17)(H,12,13,15). The third-order valence-electron chi connectivity index (χ3n) is 3.14. The summed E-state index contributed by atoms with van der Waals surface area (Å²) in [4.78, 5) is 31.5. The summed E-state index contributed by atoms with van der Waals surface area (Å²) >= 11 is 0. The van der Waals surface area contributed by atoms with Crippen molar-refractivity contribution in [2.24, 2.45) is 0 Å². The Labute approximate surface area is 103 Å². The van der Waals surface area contributed by atoms with Gasteiger partial charge in [0.25, 0.3) is 5.56 Å². The smallest absolute Gasteiger partial charge is 0.358 e. The van der Waals surface area contributed by atoms with Crippen LogP contribution in [0, 0.1) is 0 Å². The lowest BCUT2D eigenvalue weighted by Gasteiger charge is -2.18. The molecule has 0 bridgehead atoms. The Morgan fingerprint density at radius 2 is 2.33 bits per heavy atom. The van der Waals surface area contributed by atoms with E-state index in [1.807, 2.05) is 11.9 Å². The number of carboxylic acid groups (broad SMARTS) is 1. The fourth-order valence-corrected chi connectivity index (χ4v) is 2.23.